The molecule has 0 amide bonds. The zero-order valence-corrected chi connectivity index (χ0v) is 16.5. The lowest BCUT2D eigenvalue weighted by Gasteiger charge is -2.31. The minimum atomic E-state index is -2.64. The predicted molar refractivity (Wildman–Crippen MR) is 102 cm³/mol. The molecule has 1 heterocycles. The zero-order chi connectivity index (χ0) is 19.3. The van der Waals surface area contributed by atoms with Gasteiger partial charge in [-0.25, -0.2) is 18.8 Å². The fourth-order valence-corrected chi connectivity index (χ4v) is 3.24. The molecular weight excluding hydrogens is 336 g/mol. The summed E-state index contributed by atoms with van der Waals surface area (Å²) < 4.78 is 33.0. The lowest BCUT2D eigenvalue weighted by atomic mass is 9.80. The van der Waals surface area contributed by atoms with Crippen molar-refractivity contribution in [3.63, 3.8) is 0 Å². The number of ether oxygens (including phenoxy) is 1. The molecule has 0 radical (unpaired) electrons. The highest BCUT2D eigenvalue weighted by molar-refractivity contribution is 5.63. The van der Waals surface area contributed by atoms with Crippen LogP contribution in [-0.4, -0.2) is 35.9 Å². The first-order chi connectivity index (χ1) is 12.3. The van der Waals surface area contributed by atoms with Gasteiger partial charge in [0, 0.05) is 13.6 Å². The van der Waals surface area contributed by atoms with Crippen LogP contribution in [0.25, 0.3) is 0 Å². The normalized spacial score (nSPS) is 21.0. The van der Waals surface area contributed by atoms with Gasteiger partial charge in [0.15, 0.2) is 0 Å². The summed E-state index contributed by atoms with van der Waals surface area (Å²) in [5, 5.41) is 0. The van der Waals surface area contributed by atoms with E-state index in [0.717, 1.165) is 32.2 Å². The molecule has 1 aromatic heterocycles. The number of aliphatic imine (C=N–C) groups is 1. The minimum Gasteiger partial charge on any atom is -0.474 e. The van der Waals surface area contributed by atoms with Crippen LogP contribution < -0.4 is 4.74 Å². The predicted octanol–water partition coefficient (Wildman–Crippen LogP) is 5.53. The molecule has 0 aliphatic heterocycles. The Kier molecular flexibility index (Phi) is 7.35. The molecule has 1 aromatic rings. The molecule has 4 nitrogen and oxygen atoms in total. The van der Waals surface area contributed by atoms with Crippen LogP contribution in [0, 0.1) is 18.8 Å². The molecule has 0 N–H and O–H groups in total. The fourth-order valence-electron chi connectivity index (χ4n) is 3.24. The van der Waals surface area contributed by atoms with E-state index in [9.17, 15) is 8.78 Å². The van der Waals surface area contributed by atoms with Crippen molar-refractivity contribution >= 4 is 12.0 Å². The van der Waals surface area contributed by atoms with E-state index < -0.39 is 6.43 Å². The van der Waals surface area contributed by atoms with Crippen LogP contribution in [0.2, 0.25) is 0 Å². The summed E-state index contributed by atoms with van der Waals surface area (Å²) in [6, 6.07) is 1.40. The van der Waals surface area contributed by atoms with Gasteiger partial charge in [0.2, 0.25) is 5.88 Å². The van der Waals surface area contributed by atoms with Gasteiger partial charge in [-0.2, -0.15) is 0 Å². The lowest BCUT2D eigenvalue weighted by molar-refractivity contribution is 0.0990. The van der Waals surface area contributed by atoms with Crippen molar-refractivity contribution in [2.75, 3.05) is 13.6 Å². The number of halogens is 2. The molecular formula is C20H31F2N3O. The molecule has 146 valence electrons. The molecule has 1 fully saturated rings. The number of pyridine rings is 1. The Balaban J connectivity index is 2.15. The monoisotopic (exact) mass is 367 g/mol. The lowest BCUT2D eigenvalue weighted by Crippen LogP contribution is -2.27. The Hall–Kier alpha value is -1.72. The van der Waals surface area contributed by atoms with Gasteiger partial charge in [0.25, 0.3) is 6.43 Å². The highest BCUT2D eigenvalue weighted by Crippen LogP contribution is 2.36. The smallest absolute Gasteiger partial charge is 0.269 e. The molecule has 0 atom stereocenters. The number of aromatic nitrogens is 1. The quantitative estimate of drug-likeness (QED) is 0.469. The molecule has 0 saturated heterocycles. The van der Waals surface area contributed by atoms with E-state index in [4.69, 9.17) is 4.74 Å². The summed E-state index contributed by atoms with van der Waals surface area (Å²) in [5.74, 6) is 1.42. The summed E-state index contributed by atoms with van der Waals surface area (Å²) in [5.41, 5.74) is 0.880. The average molecular weight is 367 g/mol. The van der Waals surface area contributed by atoms with Crippen LogP contribution >= 0.6 is 0 Å². The van der Waals surface area contributed by atoms with E-state index in [1.807, 2.05) is 18.9 Å². The molecule has 0 bridgehead atoms. The number of alkyl halides is 2. The second-order valence-electron chi connectivity index (χ2n) is 7.50. The van der Waals surface area contributed by atoms with Crippen LogP contribution in [-0.2, 0) is 0 Å². The van der Waals surface area contributed by atoms with Gasteiger partial charge in [-0.3, -0.25) is 0 Å². The number of nitrogens with zero attached hydrogens (tertiary/aromatic N) is 3. The zero-order valence-electron chi connectivity index (χ0n) is 16.5. The molecule has 0 aromatic carbocycles. The van der Waals surface area contributed by atoms with Crippen LogP contribution in [0.1, 0.15) is 64.1 Å². The van der Waals surface area contributed by atoms with E-state index in [-0.39, 0.29) is 17.5 Å². The van der Waals surface area contributed by atoms with Crippen molar-refractivity contribution in [1.82, 2.24) is 9.88 Å². The maximum atomic E-state index is 13.5. The topological polar surface area (TPSA) is 37.7 Å². The molecule has 2 rings (SSSR count). The molecule has 1 aliphatic carbocycles. The van der Waals surface area contributed by atoms with E-state index >= 15 is 0 Å². The summed E-state index contributed by atoms with van der Waals surface area (Å²) in [4.78, 5) is 10.5. The minimum absolute atomic E-state index is 0.0324. The highest BCUT2D eigenvalue weighted by Gasteiger charge is 2.27. The van der Waals surface area contributed by atoms with Gasteiger partial charge in [0.05, 0.1) is 23.3 Å². The van der Waals surface area contributed by atoms with Crippen molar-refractivity contribution < 1.29 is 13.5 Å². The molecule has 6 heteroatoms. The van der Waals surface area contributed by atoms with E-state index in [1.165, 1.54) is 6.07 Å². The first-order valence-electron chi connectivity index (χ1n) is 9.52. The largest absolute Gasteiger partial charge is 0.474 e. The van der Waals surface area contributed by atoms with Gasteiger partial charge in [0.1, 0.15) is 6.10 Å². The van der Waals surface area contributed by atoms with Crippen LogP contribution in [0.5, 0.6) is 5.88 Å². The van der Waals surface area contributed by atoms with E-state index in [0.29, 0.717) is 23.2 Å². The van der Waals surface area contributed by atoms with Gasteiger partial charge < -0.3 is 9.64 Å². The summed E-state index contributed by atoms with van der Waals surface area (Å²) in [7, 11) is 1.88. The third kappa shape index (κ3) is 5.39. The van der Waals surface area contributed by atoms with Crippen LogP contribution in [0.15, 0.2) is 11.1 Å². The molecule has 0 unspecified atom stereocenters. The van der Waals surface area contributed by atoms with Crippen molar-refractivity contribution in [2.24, 2.45) is 16.8 Å². The fraction of sp³-hybridized carbons (Fsp3) is 0.700. The van der Waals surface area contributed by atoms with E-state index in [2.05, 4.69) is 23.8 Å². The van der Waals surface area contributed by atoms with E-state index in [1.54, 1.807) is 13.3 Å². The molecule has 0 spiro atoms. The van der Waals surface area contributed by atoms with Crippen molar-refractivity contribution in [3.05, 3.63) is 17.3 Å². The number of rotatable bonds is 7. The third-order valence-electron chi connectivity index (χ3n) is 5.25. The average Bonchev–Trinajstić information content (AvgIpc) is 2.60. The van der Waals surface area contributed by atoms with Gasteiger partial charge in [-0.15, -0.1) is 0 Å². The summed E-state index contributed by atoms with van der Waals surface area (Å²) >= 11 is 0. The van der Waals surface area contributed by atoms with Crippen molar-refractivity contribution in [2.45, 2.75) is 65.9 Å². The van der Waals surface area contributed by atoms with Crippen molar-refractivity contribution in [3.8, 4) is 5.88 Å². The Morgan fingerprint density at radius 1 is 1.31 bits per heavy atom. The molecule has 1 saturated carbocycles. The number of hydrogen-bond donors (Lipinski definition) is 0. The Labute approximate surface area is 155 Å². The summed E-state index contributed by atoms with van der Waals surface area (Å²) in [6.07, 6.45) is 2.92. The maximum absolute atomic E-state index is 13.5. The number of aryl methyl sites for hydroxylation is 1. The maximum Gasteiger partial charge on any atom is 0.269 e. The molecule has 1 aliphatic rings. The highest BCUT2D eigenvalue weighted by atomic mass is 19.3. The van der Waals surface area contributed by atoms with Crippen LogP contribution in [0.3, 0.4) is 0 Å². The SMILES string of the molecule is CCN(C)/C=N/c1cc(C(F)F)c(OC2CCC(C(C)C)CC2)nc1C. The summed E-state index contributed by atoms with van der Waals surface area (Å²) in [6.45, 7) is 9.03. The number of hydrogen-bond acceptors (Lipinski definition) is 3. The van der Waals surface area contributed by atoms with Crippen molar-refractivity contribution in [1.29, 1.82) is 0 Å². The first-order valence-corrected chi connectivity index (χ1v) is 9.52. The second-order valence-corrected chi connectivity index (χ2v) is 7.50. The third-order valence-corrected chi connectivity index (χ3v) is 5.25. The molecule has 26 heavy (non-hydrogen) atoms. The van der Waals surface area contributed by atoms with Gasteiger partial charge >= 0.3 is 0 Å². The van der Waals surface area contributed by atoms with Gasteiger partial charge in [-0.05, 0) is 57.4 Å². The second kappa shape index (κ2) is 9.28. The Morgan fingerprint density at radius 3 is 2.50 bits per heavy atom. The van der Waals surface area contributed by atoms with Gasteiger partial charge in [-0.1, -0.05) is 13.8 Å². The standard InChI is InChI=1S/C20H31F2N3O/c1-6-25(5)12-23-18-11-17(19(21)22)20(24-14(18)4)26-16-9-7-15(8-10-16)13(2)3/h11-13,15-16,19H,6-10H2,1-5H3/b23-12+. The van der Waals surface area contributed by atoms with Crippen LogP contribution in [0.4, 0.5) is 14.5 Å². The first kappa shape index (κ1) is 20.6. The Bertz CT molecular complexity index is 611. The Morgan fingerprint density at radius 2 is 1.96 bits per heavy atom.